The van der Waals surface area contributed by atoms with Crippen LogP contribution in [-0.2, 0) is 14.3 Å². The maximum Gasteiger partial charge on any atom is 0.523 e. The first-order chi connectivity index (χ1) is 7.06. The SMILES string of the molecule is O=S(=O)(O[C@@H]1CCCCC1(F)F)C(F)(F)F. The molecule has 0 saturated heterocycles. The molecule has 0 bridgehead atoms. The van der Waals surface area contributed by atoms with Crippen molar-refractivity contribution in [2.75, 3.05) is 0 Å². The first-order valence-corrected chi connectivity index (χ1v) is 5.84. The molecule has 0 aromatic rings. The molecule has 0 aromatic heterocycles. The standard InChI is InChI=1S/C7H9F5O3S/c8-6(9)4-2-1-3-5(6)15-16(13,14)7(10,11)12/h5H,1-4H2/t5-/m1/s1. The molecule has 0 spiro atoms. The van der Waals surface area contributed by atoms with Crippen LogP contribution in [0.5, 0.6) is 0 Å². The summed E-state index contributed by atoms with van der Waals surface area (Å²) in [5.41, 5.74) is -5.67. The summed E-state index contributed by atoms with van der Waals surface area (Å²) in [5, 5.41) is 0. The maximum absolute atomic E-state index is 13.0. The highest BCUT2D eigenvalue weighted by atomic mass is 32.2. The lowest BCUT2D eigenvalue weighted by Gasteiger charge is -2.30. The summed E-state index contributed by atoms with van der Waals surface area (Å²) >= 11 is 0. The maximum atomic E-state index is 13.0. The fourth-order valence-electron chi connectivity index (χ4n) is 1.39. The van der Waals surface area contributed by atoms with Crippen molar-refractivity contribution >= 4 is 10.1 Å². The molecule has 0 aliphatic heterocycles. The van der Waals surface area contributed by atoms with Crippen LogP contribution in [0.4, 0.5) is 22.0 Å². The van der Waals surface area contributed by atoms with Crippen molar-refractivity contribution in [1.29, 1.82) is 0 Å². The summed E-state index contributed by atoms with van der Waals surface area (Å²) in [4.78, 5) is 0. The van der Waals surface area contributed by atoms with E-state index in [-0.39, 0.29) is 12.8 Å². The summed E-state index contributed by atoms with van der Waals surface area (Å²) in [6.45, 7) is 0. The van der Waals surface area contributed by atoms with Gasteiger partial charge in [0.25, 0.3) is 5.92 Å². The van der Waals surface area contributed by atoms with E-state index in [4.69, 9.17) is 0 Å². The Labute approximate surface area is 88.7 Å². The zero-order valence-electron chi connectivity index (χ0n) is 7.93. The van der Waals surface area contributed by atoms with Gasteiger partial charge in [0.15, 0.2) is 0 Å². The third-order valence-corrected chi connectivity index (χ3v) is 3.28. The summed E-state index contributed by atoms with van der Waals surface area (Å²) in [7, 11) is -5.95. The number of alkyl halides is 5. The minimum Gasteiger partial charge on any atom is -0.253 e. The zero-order chi connectivity index (χ0) is 12.6. The monoisotopic (exact) mass is 268 g/mol. The second kappa shape index (κ2) is 4.10. The van der Waals surface area contributed by atoms with Gasteiger partial charge in [0.2, 0.25) is 0 Å². The summed E-state index contributed by atoms with van der Waals surface area (Å²) in [6.07, 6.45) is -2.92. The van der Waals surface area contributed by atoms with Crippen LogP contribution >= 0.6 is 0 Å². The fourth-order valence-corrected chi connectivity index (χ4v) is 2.04. The topological polar surface area (TPSA) is 43.4 Å². The Balaban J connectivity index is 2.81. The molecule has 0 unspecified atom stereocenters. The molecular weight excluding hydrogens is 259 g/mol. The molecule has 1 rings (SSSR count). The van der Waals surface area contributed by atoms with E-state index in [1.165, 1.54) is 0 Å². The van der Waals surface area contributed by atoms with Gasteiger partial charge in [-0.2, -0.15) is 21.6 Å². The van der Waals surface area contributed by atoms with Gasteiger partial charge in [0.05, 0.1) is 0 Å². The van der Waals surface area contributed by atoms with Crippen molar-refractivity contribution in [3.63, 3.8) is 0 Å². The average Bonchev–Trinajstić information content (AvgIpc) is 2.06. The van der Waals surface area contributed by atoms with Crippen molar-refractivity contribution in [1.82, 2.24) is 0 Å². The predicted molar refractivity (Wildman–Crippen MR) is 43.3 cm³/mol. The van der Waals surface area contributed by atoms with Crippen LogP contribution in [0.2, 0.25) is 0 Å². The summed E-state index contributed by atoms with van der Waals surface area (Å²) in [6, 6.07) is 0. The van der Waals surface area contributed by atoms with Gasteiger partial charge in [0, 0.05) is 6.42 Å². The molecule has 16 heavy (non-hydrogen) atoms. The van der Waals surface area contributed by atoms with E-state index in [2.05, 4.69) is 4.18 Å². The molecule has 96 valence electrons. The quantitative estimate of drug-likeness (QED) is 0.439. The van der Waals surface area contributed by atoms with Crippen molar-refractivity contribution in [2.24, 2.45) is 0 Å². The molecule has 0 radical (unpaired) electrons. The second-order valence-electron chi connectivity index (χ2n) is 3.49. The van der Waals surface area contributed by atoms with Crippen LogP contribution in [-0.4, -0.2) is 26.0 Å². The van der Waals surface area contributed by atoms with Crippen molar-refractivity contribution in [3.8, 4) is 0 Å². The Morgan fingerprint density at radius 1 is 1.19 bits per heavy atom. The highest BCUT2D eigenvalue weighted by molar-refractivity contribution is 7.87. The van der Waals surface area contributed by atoms with E-state index >= 15 is 0 Å². The van der Waals surface area contributed by atoms with Gasteiger partial charge in [-0.05, 0) is 12.8 Å². The first-order valence-electron chi connectivity index (χ1n) is 4.44. The van der Waals surface area contributed by atoms with E-state index in [9.17, 15) is 30.4 Å². The molecule has 1 aliphatic carbocycles. The third-order valence-electron chi connectivity index (χ3n) is 2.22. The van der Waals surface area contributed by atoms with E-state index in [1.807, 2.05) is 0 Å². The van der Waals surface area contributed by atoms with Gasteiger partial charge < -0.3 is 0 Å². The molecule has 1 aliphatic rings. The molecule has 9 heteroatoms. The van der Waals surface area contributed by atoms with E-state index in [1.54, 1.807) is 0 Å². The zero-order valence-corrected chi connectivity index (χ0v) is 8.75. The summed E-state index contributed by atoms with van der Waals surface area (Å²) < 4.78 is 86.3. The van der Waals surface area contributed by atoms with Crippen LogP contribution in [0.1, 0.15) is 25.7 Å². The Hall–Kier alpha value is -0.440. The normalized spacial score (nSPS) is 26.7. The predicted octanol–water partition coefficient (Wildman–Crippen LogP) is 2.43. The molecular formula is C7H9F5O3S. The van der Waals surface area contributed by atoms with Crippen LogP contribution in [0, 0.1) is 0 Å². The fraction of sp³-hybridized carbons (Fsp3) is 1.00. The van der Waals surface area contributed by atoms with Crippen molar-refractivity contribution in [2.45, 2.75) is 43.2 Å². The third kappa shape index (κ3) is 2.82. The van der Waals surface area contributed by atoms with Crippen LogP contribution in [0.25, 0.3) is 0 Å². The Kier molecular flexibility index (Phi) is 3.49. The summed E-state index contributed by atoms with van der Waals surface area (Å²) in [5.74, 6) is -3.53. The Morgan fingerprint density at radius 2 is 1.75 bits per heavy atom. The van der Waals surface area contributed by atoms with E-state index in [0.29, 0.717) is 0 Å². The molecule has 0 N–H and O–H groups in total. The second-order valence-corrected chi connectivity index (χ2v) is 5.06. The first kappa shape index (κ1) is 13.6. The highest BCUT2D eigenvalue weighted by Crippen LogP contribution is 2.38. The lowest BCUT2D eigenvalue weighted by molar-refractivity contribution is -0.128. The van der Waals surface area contributed by atoms with Gasteiger partial charge in [-0.3, -0.25) is 4.18 Å². The molecule has 3 nitrogen and oxygen atoms in total. The molecule has 0 aromatic carbocycles. The van der Waals surface area contributed by atoms with Crippen LogP contribution in [0.15, 0.2) is 0 Å². The smallest absolute Gasteiger partial charge is 0.253 e. The largest absolute Gasteiger partial charge is 0.523 e. The molecule has 0 heterocycles. The van der Waals surface area contributed by atoms with Crippen molar-refractivity contribution in [3.05, 3.63) is 0 Å². The average molecular weight is 268 g/mol. The number of halogens is 5. The van der Waals surface area contributed by atoms with Gasteiger partial charge in [-0.15, -0.1) is 0 Å². The van der Waals surface area contributed by atoms with Crippen LogP contribution in [0.3, 0.4) is 0 Å². The number of rotatable bonds is 2. The van der Waals surface area contributed by atoms with E-state index in [0.717, 1.165) is 0 Å². The highest BCUT2D eigenvalue weighted by Gasteiger charge is 2.53. The van der Waals surface area contributed by atoms with Crippen molar-refractivity contribution < 1.29 is 34.6 Å². The van der Waals surface area contributed by atoms with Gasteiger partial charge >= 0.3 is 15.6 Å². The molecule has 1 atom stereocenters. The minimum atomic E-state index is -5.95. The molecule has 1 saturated carbocycles. The lowest BCUT2D eigenvalue weighted by Crippen LogP contribution is -2.42. The van der Waals surface area contributed by atoms with E-state index < -0.39 is 40.5 Å². The van der Waals surface area contributed by atoms with Gasteiger partial charge in [-0.25, -0.2) is 8.78 Å². The number of hydrogen-bond acceptors (Lipinski definition) is 3. The minimum absolute atomic E-state index is 0.138. The number of hydrogen-bond donors (Lipinski definition) is 0. The molecule has 0 amide bonds. The van der Waals surface area contributed by atoms with Crippen LogP contribution < -0.4 is 0 Å². The Morgan fingerprint density at radius 3 is 2.19 bits per heavy atom. The lowest BCUT2D eigenvalue weighted by atomic mass is 9.94. The Bertz CT molecular complexity index is 348. The van der Waals surface area contributed by atoms with Gasteiger partial charge in [-0.1, -0.05) is 6.42 Å². The molecule has 1 fully saturated rings. The van der Waals surface area contributed by atoms with Gasteiger partial charge in [0.1, 0.15) is 6.10 Å².